The van der Waals surface area contributed by atoms with Crippen molar-refractivity contribution in [3.05, 3.63) is 40.8 Å². The number of carbonyl (C=O) groups excluding carboxylic acids is 1. The Morgan fingerprint density at radius 3 is 2.89 bits per heavy atom. The highest BCUT2D eigenvalue weighted by Gasteiger charge is 2.40. The van der Waals surface area contributed by atoms with Crippen molar-refractivity contribution in [2.24, 2.45) is 5.92 Å². The summed E-state index contributed by atoms with van der Waals surface area (Å²) >= 11 is 0. The zero-order valence-corrected chi connectivity index (χ0v) is 16.3. The van der Waals surface area contributed by atoms with E-state index in [0.29, 0.717) is 24.3 Å². The molecular weight excluding hydrogens is 364 g/mol. The van der Waals surface area contributed by atoms with E-state index in [1.54, 1.807) is 12.1 Å². The Balaban J connectivity index is 1.73. The molecule has 0 fully saturated rings. The maximum absolute atomic E-state index is 12.5. The summed E-state index contributed by atoms with van der Waals surface area (Å²) in [6.07, 6.45) is 3.30. The van der Waals surface area contributed by atoms with Gasteiger partial charge in [-0.25, -0.2) is 8.42 Å². The van der Waals surface area contributed by atoms with E-state index in [9.17, 15) is 18.3 Å². The van der Waals surface area contributed by atoms with Gasteiger partial charge in [0.1, 0.15) is 0 Å². The zero-order chi connectivity index (χ0) is 19.3. The van der Waals surface area contributed by atoms with Crippen LogP contribution in [0.4, 0.5) is 0 Å². The van der Waals surface area contributed by atoms with Crippen LogP contribution in [0.25, 0.3) is 11.1 Å². The van der Waals surface area contributed by atoms with Crippen LogP contribution in [0.3, 0.4) is 0 Å². The van der Waals surface area contributed by atoms with Crippen molar-refractivity contribution in [3.63, 3.8) is 0 Å². The van der Waals surface area contributed by atoms with Gasteiger partial charge in [0.25, 0.3) is 0 Å². The molecule has 1 aromatic rings. The van der Waals surface area contributed by atoms with Gasteiger partial charge in [-0.2, -0.15) is 0 Å². The lowest BCUT2D eigenvalue weighted by atomic mass is 9.78. The number of hydrogen-bond donors (Lipinski definition) is 2. The molecule has 2 aliphatic heterocycles. The summed E-state index contributed by atoms with van der Waals surface area (Å²) in [5.41, 5.74) is 3.71. The lowest BCUT2D eigenvalue weighted by molar-refractivity contribution is -0.126. The van der Waals surface area contributed by atoms with Crippen LogP contribution in [0.1, 0.15) is 30.9 Å². The topological polar surface area (TPSA) is 86.7 Å². The molecule has 0 aromatic heterocycles. The van der Waals surface area contributed by atoms with Crippen molar-refractivity contribution in [2.45, 2.75) is 36.7 Å². The standard InChI is InChI=1S/C20H24N2O4S/c1-3-12(10-23)20(24)21-14-8-16-15-5-4-6-18-19(15)13(11-27(18,25)26)7-17(16)22(2)9-14/h4-6,8,11-12,14,17,23H,3,7,9-10H2,1-2H3,(H,21,24). The summed E-state index contributed by atoms with van der Waals surface area (Å²) in [6.45, 7) is 2.36. The highest BCUT2D eigenvalue weighted by molar-refractivity contribution is 7.95. The molecule has 1 amide bonds. The van der Waals surface area contributed by atoms with Gasteiger partial charge < -0.3 is 10.4 Å². The number of carbonyl (C=O) groups is 1. The third-order valence-corrected chi connectivity index (χ3v) is 7.39. The van der Waals surface area contributed by atoms with Crippen LogP contribution in [0.5, 0.6) is 0 Å². The fraction of sp³-hybridized carbons (Fsp3) is 0.450. The number of amides is 1. The number of likely N-dealkylation sites (N-methyl/N-ethyl adjacent to an activating group) is 1. The van der Waals surface area contributed by atoms with Crippen LogP contribution in [-0.4, -0.2) is 56.6 Å². The third-order valence-electron chi connectivity index (χ3n) is 5.84. The lowest BCUT2D eigenvalue weighted by Crippen LogP contribution is -2.51. The first-order chi connectivity index (χ1) is 12.9. The van der Waals surface area contributed by atoms with E-state index in [1.165, 1.54) is 5.41 Å². The molecule has 0 radical (unpaired) electrons. The van der Waals surface area contributed by atoms with Gasteiger partial charge in [-0.15, -0.1) is 0 Å². The third kappa shape index (κ3) is 2.94. The van der Waals surface area contributed by atoms with Crippen LogP contribution in [0.15, 0.2) is 34.6 Å². The smallest absolute Gasteiger partial charge is 0.225 e. The Morgan fingerprint density at radius 1 is 1.41 bits per heavy atom. The van der Waals surface area contributed by atoms with Crippen LogP contribution in [-0.2, 0) is 14.6 Å². The maximum atomic E-state index is 12.5. The number of benzene rings is 1. The fourth-order valence-corrected chi connectivity index (χ4v) is 5.89. The molecule has 27 heavy (non-hydrogen) atoms. The van der Waals surface area contributed by atoms with Crippen LogP contribution < -0.4 is 5.32 Å². The van der Waals surface area contributed by atoms with Crippen LogP contribution >= 0.6 is 0 Å². The molecule has 0 bridgehead atoms. The van der Waals surface area contributed by atoms with Gasteiger partial charge in [-0.1, -0.05) is 25.1 Å². The Kier molecular flexibility index (Phi) is 4.49. The highest BCUT2D eigenvalue weighted by Crippen LogP contribution is 2.48. The number of aliphatic hydroxyl groups is 1. The second-order valence-corrected chi connectivity index (χ2v) is 9.32. The van der Waals surface area contributed by atoms with E-state index in [2.05, 4.69) is 16.3 Å². The van der Waals surface area contributed by atoms with Crippen molar-refractivity contribution in [3.8, 4) is 0 Å². The van der Waals surface area contributed by atoms with E-state index in [1.807, 2.05) is 20.0 Å². The van der Waals surface area contributed by atoms with Crippen LogP contribution in [0.2, 0.25) is 0 Å². The monoisotopic (exact) mass is 388 g/mol. The molecule has 0 spiro atoms. The number of nitrogens with one attached hydrogen (secondary N) is 1. The summed E-state index contributed by atoms with van der Waals surface area (Å²) in [6, 6.07) is 5.34. The molecule has 4 rings (SSSR count). The molecule has 0 saturated heterocycles. The highest BCUT2D eigenvalue weighted by atomic mass is 32.2. The predicted octanol–water partition coefficient (Wildman–Crippen LogP) is 1.42. The van der Waals surface area contributed by atoms with Gasteiger partial charge in [0.15, 0.2) is 0 Å². The number of sulfone groups is 1. The molecule has 3 unspecified atom stereocenters. The number of hydrogen-bond acceptors (Lipinski definition) is 5. The van der Waals surface area contributed by atoms with E-state index in [-0.39, 0.29) is 24.6 Å². The molecule has 1 aromatic carbocycles. The first kappa shape index (κ1) is 18.4. The van der Waals surface area contributed by atoms with Gasteiger partial charge in [0.05, 0.1) is 23.5 Å². The molecule has 1 aliphatic carbocycles. The van der Waals surface area contributed by atoms with Gasteiger partial charge in [-0.3, -0.25) is 9.69 Å². The van der Waals surface area contributed by atoms with Gasteiger partial charge in [-0.05, 0) is 42.7 Å². The molecule has 7 heteroatoms. The summed E-state index contributed by atoms with van der Waals surface area (Å²) in [7, 11) is -1.37. The normalized spacial score (nSPS) is 26.5. The molecule has 0 saturated carbocycles. The Labute approximate surface area is 159 Å². The first-order valence-corrected chi connectivity index (χ1v) is 10.8. The quantitative estimate of drug-likeness (QED) is 0.815. The van der Waals surface area contributed by atoms with E-state index in [4.69, 9.17) is 0 Å². The largest absolute Gasteiger partial charge is 0.396 e. The van der Waals surface area contributed by atoms with Crippen LogP contribution in [0, 0.1) is 5.92 Å². The van der Waals surface area contributed by atoms with Gasteiger partial charge in [0.2, 0.25) is 15.7 Å². The summed E-state index contributed by atoms with van der Waals surface area (Å²) < 4.78 is 24.9. The molecule has 2 N–H and O–H groups in total. The second kappa shape index (κ2) is 6.58. The van der Waals surface area contributed by atoms with E-state index < -0.39 is 15.8 Å². The van der Waals surface area contributed by atoms with Crippen molar-refractivity contribution in [1.29, 1.82) is 0 Å². The second-order valence-electron chi connectivity index (χ2n) is 7.55. The Morgan fingerprint density at radius 2 is 2.19 bits per heavy atom. The summed E-state index contributed by atoms with van der Waals surface area (Å²) in [5, 5.41) is 13.8. The first-order valence-electron chi connectivity index (χ1n) is 9.28. The minimum Gasteiger partial charge on any atom is -0.396 e. The number of nitrogens with zero attached hydrogens (tertiary/aromatic N) is 1. The van der Waals surface area contributed by atoms with E-state index in [0.717, 1.165) is 22.3 Å². The molecule has 3 atom stereocenters. The zero-order valence-electron chi connectivity index (χ0n) is 15.5. The molecule has 3 aliphatic rings. The predicted molar refractivity (Wildman–Crippen MR) is 103 cm³/mol. The van der Waals surface area contributed by atoms with Gasteiger partial charge in [0, 0.05) is 23.6 Å². The summed E-state index contributed by atoms with van der Waals surface area (Å²) in [5.74, 6) is -0.551. The molecule has 2 heterocycles. The van der Waals surface area contributed by atoms with E-state index >= 15 is 0 Å². The van der Waals surface area contributed by atoms with Crippen molar-refractivity contribution in [2.75, 3.05) is 20.2 Å². The SMILES string of the molecule is CCC(CO)C(=O)NC1C=C2c3cccc4c3C(=CS4(=O)=O)CC2N(C)C1. The minimum atomic E-state index is -3.37. The molecule has 6 nitrogen and oxygen atoms in total. The van der Waals surface area contributed by atoms with Crippen molar-refractivity contribution < 1.29 is 18.3 Å². The number of aliphatic hydroxyl groups excluding tert-OH is 1. The average Bonchev–Trinajstić information content (AvgIpc) is 2.89. The average molecular weight is 388 g/mol. The minimum absolute atomic E-state index is 0.0975. The summed E-state index contributed by atoms with van der Waals surface area (Å²) in [4.78, 5) is 14.9. The lowest BCUT2D eigenvalue weighted by Gasteiger charge is -2.41. The number of fused-ring (bicyclic) bond motifs is 2. The number of rotatable bonds is 4. The molecule has 144 valence electrons. The van der Waals surface area contributed by atoms with Gasteiger partial charge >= 0.3 is 0 Å². The maximum Gasteiger partial charge on any atom is 0.225 e. The van der Waals surface area contributed by atoms with Crippen molar-refractivity contribution >= 4 is 26.9 Å². The molecular formula is C20H24N2O4S. The van der Waals surface area contributed by atoms with Crippen molar-refractivity contribution in [1.82, 2.24) is 10.2 Å². The Bertz CT molecular complexity index is 960. The fourth-order valence-electron chi connectivity index (χ4n) is 4.38. The Hall–Kier alpha value is -1.96.